The molecule has 1 rings (SSSR count). The minimum atomic E-state index is -3.97. The second-order valence-corrected chi connectivity index (χ2v) is 5.97. The second-order valence-electron chi connectivity index (χ2n) is 3.95. The molecule has 8 heteroatoms. The summed E-state index contributed by atoms with van der Waals surface area (Å²) < 4.78 is 49.6. The number of aromatic nitrogens is 1. The molecule has 0 aliphatic rings. The number of alkyl halides is 2. The molecule has 0 aromatic carbocycles. The average molecular weight is 293 g/mol. The van der Waals surface area contributed by atoms with Gasteiger partial charge in [-0.3, -0.25) is 0 Å². The maximum Gasteiger partial charge on any atom is 0.252 e. The third-order valence-electron chi connectivity index (χ3n) is 2.40. The zero-order chi connectivity index (χ0) is 14.5. The lowest BCUT2D eigenvalue weighted by Crippen LogP contribution is -2.32. The molecule has 0 fully saturated rings. The summed E-state index contributed by atoms with van der Waals surface area (Å²) in [6.07, 6.45) is -0.476. The maximum absolute atomic E-state index is 12.3. The van der Waals surface area contributed by atoms with Gasteiger partial charge in [0.05, 0.1) is 6.54 Å². The fourth-order valence-corrected chi connectivity index (χ4v) is 2.70. The first-order chi connectivity index (χ1) is 8.89. The molecule has 1 aromatic heterocycles. The Morgan fingerprint density at radius 3 is 2.74 bits per heavy atom. The number of pyridine rings is 1. The van der Waals surface area contributed by atoms with Gasteiger partial charge in [0, 0.05) is 19.8 Å². The highest BCUT2D eigenvalue weighted by atomic mass is 32.2. The van der Waals surface area contributed by atoms with Crippen molar-refractivity contribution in [2.45, 2.75) is 24.7 Å². The van der Waals surface area contributed by atoms with E-state index in [0.717, 1.165) is 13.5 Å². The zero-order valence-electron chi connectivity index (χ0n) is 10.8. The minimum absolute atomic E-state index is 0.0911. The van der Waals surface area contributed by atoms with Crippen molar-refractivity contribution in [2.24, 2.45) is 0 Å². The molecule has 1 N–H and O–H groups in total. The highest BCUT2D eigenvalue weighted by Crippen LogP contribution is 2.22. The van der Waals surface area contributed by atoms with Crippen LogP contribution < -0.4 is 5.32 Å². The maximum atomic E-state index is 12.3. The highest BCUT2D eigenvalue weighted by molar-refractivity contribution is 7.89. The van der Waals surface area contributed by atoms with Crippen LogP contribution in [-0.4, -0.2) is 44.3 Å². The van der Waals surface area contributed by atoms with Gasteiger partial charge in [-0.15, -0.1) is 0 Å². The first kappa shape index (κ1) is 15.8. The van der Waals surface area contributed by atoms with Gasteiger partial charge < -0.3 is 5.32 Å². The van der Waals surface area contributed by atoms with E-state index in [4.69, 9.17) is 0 Å². The quantitative estimate of drug-likeness (QED) is 0.832. The SMILES string of the molecule is CCCNc1ncccc1S(=O)(=O)N(C)CC(F)F. The Hall–Kier alpha value is -1.28. The summed E-state index contributed by atoms with van der Waals surface area (Å²) in [6, 6.07) is 2.81. The standard InChI is InChI=1S/C11H17F2N3O2S/c1-3-6-14-11-9(5-4-7-15-11)19(17,18)16(2)8-10(12)13/h4-5,7,10H,3,6,8H2,1-2H3,(H,14,15). The monoisotopic (exact) mass is 293 g/mol. The molecule has 5 nitrogen and oxygen atoms in total. The van der Waals surface area contributed by atoms with Crippen LogP contribution >= 0.6 is 0 Å². The minimum Gasteiger partial charge on any atom is -0.369 e. The van der Waals surface area contributed by atoms with E-state index in [2.05, 4.69) is 10.3 Å². The fourth-order valence-electron chi connectivity index (χ4n) is 1.44. The molecule has 1 heterocycles. The molecule has 0 saturated carbocycles. The van der Waals surface area contributed by atoms with Gasteiger partial charge in [-0.25, -0.2) is 22.2 Å². The normalized spacial score (nSPS) is 12.1. The van der Waals surface area contributed by atoms with Gasteiger partial charge in [0.2, 0.25) is 10.0 Å². The Bertz CT molecular complexity index is 508. The third-order valence-corrected chi connectivity index (χ3v) is 4.25. The molecular weight excluding hydrogens is 276 g/mol. The van der Waals surface area contributed by atoms with E-state index < -0.39 is 23.0 Å². The summed E-state index contributed by atoms with van der Waals surface area (Å²) in [5.41, 5.74) is 0. The topological polar surface area (TPSA) is 62.3 Å². The molecule has 0 amide bonds. The van der Waals surface area contributed by atoms with Crippen molar-refractivity contribution in [1.29, 1.82) is 0 Å². The van der Waals surface area contributed by atoms with Crippen LogP contribution in [0.15, 0.2) is 23.2 Å². The van der Waals surface area contributed by atoms with E-state index in [0.29, 0.717) is 10.8 Å². The summed E-state index contributed by atoms with van der Waals surface area (Å²) in [5, 5.41) is 2.87. The Morgan fingerprint density at radius 1 is 1.47 bits per heavy atom. The van der Waals surface area contributed by atoms with Crippen LogP contribution in [0.25, 0.3) is 0 Å². The largest absolute Gasteiger partial charge is 0.369 e. The molecule has 0 aliphatic heterocycles. The van der Waals surface area contributed by atoms with Crippen LogP contribution in [0, 0.1) is 0 Å². The van der Waals surface area contributed by atoms with Crippen molar-refractivity contribution in [3.8, 4) is 0 Å². The molecule has 0 unspecified atom stereocenters. The zero-order valence-corrected chi connectivity index (χ0v) is 11.6. The van der Waals surface area contributed by atoms with Gasteiger partial charge in [0.15, 0.2) is 0 Å². The van der Waals surface area contributed by atoms with E-state index >= 15 is 0 Å². The smallest absolute Gasteiger partial charge is 0.252 e. The number of anilines is 1. The van der Waals surface area contributed by atoms with Crippen LogP contribution in [0.3, 0.4) is 0 Å². The van der Waals surface area contributed by atoms with E-state index in [1.54, 1.807) is 0 Å². The number of halogens is 2. The summed E-state index contributed by atoms with van der Waals surface area (Å²) in [7, 11) is -2.84. The van der Waals surface area contributed by atoms with Crippen LogP contribution in [0.5, 0.6) is 0 Å². The van der Waals surface area contributed by atoms with E-state index in [9.17, 15) is 17.2 Å². The number of rotatable bonds is 7. The lowest BCUT2D eigenvalue weighted by atomic mass is 10.4. The summed E-state index contributed by atoms with van der Waals surface area (Å²) in [5.74, 6) is 0.186. The van der Waals surface area contributed by atoms with E-state index in [-0.39, 0.29) is 10.7 Å². The number of hydrogen-bond donors (Lipinski definition) is 1. The van der Waals surface area contributed by atoms with Crippen molar-refractivity contribution in [1.82, 2.24) is 9.29 Å². The Balaban J connectivity index is 3.06. The van der Waals surface area contributed by atoms with E-state index in [1.807, 2.05) is 6.92 Å². The van der Waals surface area contributed by atoms with Gasteiger partial charge in [-0.05, 0) is 18.6 Å². The lowest BCUT2D eigenvalue weighted by Gasteiger charge is -2.18. The van der Waals surface area contributed by atoms with Crippen molar-refractivity contribution in [2.75, 3.05) is 25.5 Å². The summed E-state index contributed by atoms with van der Waals surface area (Å²) >= 11 is 0. The summed E-state index contributed by atoms with van der Waals surface area (Å²) in [6.45, 7) is 1.63. The number of sulfonamides is 1. The van der Waals surface area contributed by atoms with Gasteiger partial charge in [-0.1, -0.05) is 6.92 Å². The van der Waals surface area contributed by atoms with Gasteiger partial charge in [-0.2, -0.15) is 4.31 Å². The summed E-state index contributed by atoms with van der Waals surface area (Å²) in [4.78, 5) is 3.85. The molecule has 0 radical (unpaired) electrons. The van der Waals surface area contributed by atoms with Gasteiger partial charge in [0.1, 0.15) is 10.7 Å². The van der Waals surface area contributed by atoms with Crippen molar-refractivity contribution in [3.63, 3.8) is 0 Å². The lowest BCUT2D eigenvalue weighted by molar-refractivity contribution is 0.126. The number of nitrogens with one attached hydrogen (secondary N) is 1. The van der Waals surface area contributed by atoms with Crippen LogP contribution in [0.2, 0.25) is 0 Å². The highest BCUT2D eigenvalue weighted by Gasteiger charge is 2.26. The second kappa shape index (κ2) is 6.76. The average Bonchev–Trinajstić information content (AvgIpc) is 2.35. The predicted molar refractivity (Wildman–Crippen MR) is 68.8 cm³/mol. The van der Waals surface area contributed by atoms with Gasteiger partial charge in [0.25, 0.3) is 6.43 Å². The van der Waals surface area contributed by atoms with Crippen LogP contribution in [0.4, 0.5) is 14.6 Å². The first-order valence-corrected chi connectivity index (χ1v) is 7.27. The van der Waals surface area contributed by atoms with E-state index in [1.165, 1.54) is 18.3 Å². The van der Waals surface area contributed by atoms with Gasteiger partial charge >= 0.3 is 0 Å². The predicted octanol–water partition coefficient (Wildman–Crippen LogP) is 1.79. The molecular formula is C11H17F2N3O2S. The molecule has 0 atom stereocenters. The molecule has 0 aliphatic carbocycles. The Morgan fingerprint density at radius 2 is 2.16 bits per heavy atom. The Labute approximate surface area is 111 Å². The first-order valence-electron chi connectivity index (χ1n) is 5.83. The van der Waals surface area contributed by atoms with Crippen LogP contribution in [0.1, 0.15) is 13.3 Å². The Kier molecular flexibility index (Phi) is 5.61. The van der Waals surface area contributed by atoms with Crippen molar-refractivity contribution in [3.05, 3.63) is 18.3 Å². The third kappa shape index (κ3) is 4.10. The molecule has 108 valence electrons. The molecule has 0 spiro atoms. The van der Waals surface area contributed by atoms with Crippen LogP contribution in [-0.2, 0) is 10.0 Å². The molecule has 0 bridgehead atoms. The van der Waals surface area contributed by atoms with Crippen molar-refractivity contribution >= 4 is 15.8 Å². The number of hydrogen-bond acceptors (Lipinski definition) is 4. The number of nitrogens with zero attached hydrogens (tertiary/aromatic N) is 2. The molecule has 1 aromatic rings. The van der Waals surface area contributed by atoms with Crippen molar-refractivity contribution < 1.29 is 17.2 Å². The molecule has 19 heavy (non-hydrogen) atoms. The fraction of sp³-hybridized carbons (Fsp3) is 0.545. The molecule has 0 saturated heterocycles.